The van der Waals surface area contributed by atoms with Gasteiger partial charge in [0.2, 0.25) is 0 Å². The molecule has 3 unspecified atom stereocenters. The summed E-state index contributed by atoms with van der Waals surface area (Å²) in [7, 11) is 1.05. The SMILES string of the molecule is CNC(c1ccc(C)cc1)C(C)S(=O)C(C)(C)C. The summed E-state index contributed by atoms with van der Waals surface area (Å²) in [6.45, 7) is 10.2. The molecule has 1 aromatic rings. The van der Waals surface area contributed by atoms with Crippen molar-refractivity contribution in [3.63, 3.8) is 0 Å². The predicted molar refractivity (Wildman–Crippen MR) is 80.3 cm³/mol. The molecule has 1 rings (SSSR count). The van der Waals surface area contributed by atoms with E-state index in [9.17, 15) is 4.21 Å². The normalized spacial score (nSPS) is 17.2. The van der Waals surface area contributed by atoms with Crippen LogP contribution in [0, 0.1) is 6.92 Å². The number of hydrogen-bond acceptors (Lipinski definition) is 2. The van der Waals surface area contributed by atoms with Crippen molar-refractivity contribution >= 4 is 10.8 Å². The van der Waals surface area contributed by atoms with Crippen molar-refractivity contribution in [3.8, 4) is 0 Å². The highest BCUT2D eigenvalue weighted by Crippen LogP contribution is 2.26. The van der Waals surface area contributed by atoms with Gasteiger partial charge in [0.15, 0.2) is 0 Å². The molecule has 0 saturated heterocycles. The average Bonchev–Trinajstić information content (AvgIpc) is 2.30. The Balaban J connectivity index is 2.97. The molecule has 3 heteroatoms. The van der Waals surface area contributed by atoms with Crippen LogP contribution in [-0.4, -0.2) is 21.3 Å². The summed E-state index contributed by atoms with van der Waals surface area (Å²) in [4.78, 5) is 0. The minimum atomic E-state index is -0.880. The van der Waals surface area contributed by atoms with Crippen molar-refractivity contribution in [2.24, 2.45) is 0 Å². The van der Waals surface area contributed by atoms with Gasteiger partial charge in [-0.05, 0) is 47.2 Å². The van der Waals surface area contributed by atoms with E-state index in [0.717, 1.165) is 0 Å². The molecule has 0 aliphatic heterocycles. The lowest BCUT2D eigenvalue weighted by atomic mass is 10.0. The van der Waals surface area contributed by atoms with Gasteiger partial charge in [-0.2, -0.15) is 0 Å². The molecule has 0 spiro atoms. The summed E-state index contributed by atoms with van der Waals surface area (Å²) in [6, 6.07) is 8.57. The van der Waals surface area contributed by atoms with Gasteiger partial charge in [-0.15, -0.1) is 0 Å². The number of aryl methyl sites for hydroxylation is 1. The smallest absolute Gasteiger partial charge is 0.0519 e. The molecule has 3 atom stereocenters. The third-order valence-electron chi connectivity index (χ3n) is 3.16. The Morgan fingerprint density at radius 2 is 1.67 bits per heavy atom. The van der Waals surface area contributed by atoms with E-state index < -0.39 is 10.8 Å². The van der Waals surface area contributed by atoms with Crippen molar-refractivity contribution in [1.82, 2.24) is 5.32 Å². The molecule has 0 aliphatic carbocycles. The van der Waals surface area contributed by atoms with Crippen LogP contribution in [0.4, 0.5) is 0 Å². The van der Waals surface area contributed by atoms with Gasteiger partial charge in [-0.25, -0.2) is 0 Å². The van der Waals surface area contributed by atoms with Crippen molar-refractivity contribution in [2.75, 3.05) is 7.05 Å². The van der Waals surface area contributed by atoms with Gasteiger partial charge in [0.25, 0.3) is 0 Å². The van der Waals surface area contributed by atoms with Gasteiger partial charge >= 0.3 is 0 Å². The molecule has 0 heterocycles. The molecule has 0 saturated carbocycles. The number of benzene rings is 1. The first-order chi connectivity index (χ1) is 8.27. The van der Waals surface area contributed by atoms with Gasteiger partial charge in [0.1, 0.15) is 0 Å². The molecule has 0 fully saturated rings. The molecular weight excluding hydrogens is 242 g/mol. The maximum atomic E-state index is 12.5. The molecule has 102 valence electrons. The van der Waals surface area contributed by atoms with E-state index in [0.29, 0.717) is 0 Å². The summed E-state index contributed by atoms with van der Waals surface area (Å²) in [5, 5.41) is 3.38. The Kier molecular flexibility index (Phi) is 5.11. The largest absolute Gasteiger partial charge is 0.312 e. The Bertz CT molecular complexity index is 405. The van der Waals surface area contributed by atoms with Crippen LogP contribution in [0.3, 0.4) is 0 Å². The zero-order valence-corrected chi connectivity index (χ0v) is 13.1. The first-order valence-corrected chi connectivity index (χ1v) is 7.63. The molecule has 0 amide bonds. The summed E-state index contributed by atoms with van der Waals surface area (Å²) in [6.07, 6.45) is 0. The van der Waals surface area contributed by atoms with Crippen molar-refractivity contribution < 1.29 is 4.21 Å². The number of nitrogens with one attached hydrogen (secondary N) is 1. The van der Waals surface area contributed by atoms with Crippen LogP contribution in [0.25, 0.3) is 0 Å². The molecule has 18 heavy (non-hydrogen) atoms. The number of hydrogen-bond donors (Lipinski definition) is 1. The zero-order chi connectivity index (χ0) is 13.9. The highest BCUT2D eigenvalue weighted by molar-refractivity contribution is 7.87. The van der Waals surface area contributed by atoms with E-state index in [1.807, 2.05) is 27.8 Å². The van der Waals surface area contributed by atoms with Crippen molar-refractivity contribution in [1.29, 1.82) is 0 Å². The summed E-state index contributed by atoms with van der Waals surface area (Å²) in [5.41, 5.74) is 2.45. The van der Waals surface area contributed by atoms with Gasteiger partial charge in [-0.3, -0.25) is 4.21 Å². The van der Waals surface area contributed by atoms with E-state index in [2.05, 4.69) is 43.4 Å². The van der Waals surface area contributed by atoms with E-state index in [-0.39, 0.29) is 16.0 Å². The topological polar surface area (TPSA) is 29.1 Å². The third kappa shape index (κ3) is 3.66. The third-order valence-corrected chi connectivity index (χ3v) is 5.31. The van der Waals surface area contributed by atoms with E-state index >= 15 is 0 Å². The van der Waals surface area contributed by atoms with Gasteiger partial charge in [0, 0.05) is 21.6 Å². The van der Waals surface area contributed by atoms with Crippen LogP contribution < -0.4 is 5.32 Å². The van der Waals surface area contributed by atoms with Crippen LogP contribution in [-0.2, 0) is 10.8 Å². The monoisotopic (exact) mass is 267 g/mol. The summed E-state index contributed by atoms with van der Waals surface area (Å²) in [5.74, 6) is 0. The maximum absolute atomic E-state index is 12.5. The molecule has 0 radical (unpaired) electrons. The van der Waals surface area contributed by atoms with Crippen molar-refractivity contribution in [2.45, 2.75) is 50.7 Å². The molecule has 1 N–H and O–H groups in total. The molecule has 0 aromatic heterocycles. The zero-order valence-electron chi connectivity index (χ0n) is 12.3. The molecule has 2 nitrogen and oxygen atoms in total. The second kappa shape index (κ2) is 5.98. The lowest BCUT2D eigenvalue weighted by molar-refractivity contribution is 0.556. The standard InChI is InChI=1S/C15H25NOS/c1-11-7-9-13(10-8-11)14(16-6)12(2)18(17)15(3,4)5/h7-10,12,14,16H,1-6H3. The summed E-state index contributed by atoms with van der Waals surface area (Å²) < 4.78 is 12.3. The van der Waals surface area contributed by atoms with Crippen LogP contribution in [0.1, 0.15) is 44.9 Å². The Morgan fingerprint density at radius 3 is 2.06 bits per heavy atom. The fourth-order valence-electron chi connectivity index (χ4n) is 2.13. The van der Waals surface area contributed by atoms with Crippen LogP contribution in [0.5, 0.6) is 0 Å². The Labute approximate surface area is 114 Å². The predicted octanol–water partition coefficient (Wildman–Crippen LogP) is 3.19. The molecular formula is C15H25NOS. The lowest BCUT2D eigenvalue weighted by Gasteiger charge is -2.29. The number of rotatable bonds is 4. The second-order valence-corrected chi connectivity index (χ2v) is 8.36. The van der Waals surface area contributed by atoms with Gasteiger partial charge in [-0.1, -0.05) is 29.8 Å². The average molecular weight is 267 g/mol. The minimum absolute atomic E-state index is 0.0812. The minimum Gasteiger partial charge on any atom is -0.312 e. The van der Waals surface area contributed by atoms with Crippen LogP contribution in [0.15, 0.2) is 24.3 Å². The fourth-order valence-corrected chi connectivity index (χ4v) is 3.78. The van der Waals surface area contributed by atoms with Crippen molar-refractivity contribution in [3.05, 3.63) is 35.4 Å². The fraction of sp³-hybridized carbons (Fsp3) is 0.600. The quantitative estimate of drug-likeness (QED) is 0.907. The first-order valence-electron chi connectivity index (χ1n) is 6.42. The lowest BCUT2D eigenvalue weighted by Crippen LogP contribution is -2.38. The molecule has 0 bridgehead atoms. The maximum Gasteiger partial charge on any atom is 0.0519 e. The Morgan fingerprint density at radius 1 is 1.17 bits per heavy atom. The van der Waals surface area contributed by atoms with E-state index in [1.54, 1.807) is 0 Å². The second-order valence-electron chi connectivity index (χ2n) is 5.79. The molecule has 0 aliphatic rings. The van der Waals surface area contributed by atoms with E-state index in [4.69, 9.17) is 0 Å². The van der Waals surface area contributed by atoms with E-state index in [1.165, 1.54) is 11.1 Å². The molecule has 1 aromatic carbocycles. The summed E-state index contributed by atoms with van der Waals surface area (Å²) >= 11 is 0. The van der Waals surface area contributed by atoms with Crippen LogP contribution >= 0.6 is 0 Å². The van der Waals surface area contributed by atoms with Crippen LogP contribution in [0.2, 0.25) is 0 Å². The van der Waals surface area contributed by atoms with Gasteiger partial charge < -0.3 is 5.32 Å². The highest BCUT2D eigenvalue weighted by Gasteiger charge is 2.30. The first kappa shape index (κ1) is 15.4. The Hall–Kier alpha value is -0.670. The van der Waals surface area contributed by atoms with Gasteiger partial charge in [0.05, 0.1) is 5.25 Å². The highest BCUT2D eigenvalue weighted by atomic mass is 32.2.